The molecule has 0 spiro atoms. The van der Waals surface area contributed by atoms with Crippen LogP contribution in [0.5, 0.6) is 0 Å². The van der Waals surface area contributed by atoms with Crippen molar-refractivity contribution in [3.63, 3.8) is 0 Å². The van der Waals surface area contributed by atoms with Crippen LogP contribution in [0.25, 0.3) is 0 Å². The number of hydrogen-bond acceptors (Lipinski definition) is 4. The Morgan fingerprint density at radius 2 is 2.36 bits per heavy atom. The Morgan fingerprint density at radius 1 is 1.64 bits per heavy atom. The van der Waals surface area contributed by atoms with Gasteiger partial charge in [-0.3, -0.25) is 0 Å². The number of hydrogen-bond donors (Lipinski definition) is 0. The topological polar surface area (TPSA) is 43.4 Å². The Balaban J connectivity index is 2.22. The molecular weight excluding hydrogens is 184 g/mol. The Hall–Kier alpha value is 0.260. The standard InChI is InChI=1S/C6H12O3S2/c1-11(7,8)10-5-6-3-2-4-9-6/h6H,2-5H2,1H3. The molecule has 0 radical (unpaired) electrons. The molecule has 3 nitrogen and oxygen atoms in total. The molecule has 1 heterocycles. The van der Waals surface area contributed by atoms with E-state index in [1.807, 2.05) is 0 Å². The molecule has 1 saturated heterocycles. The van der Waals surface area contributed by atoms with E-state index in [2.05, 4.69) is 0 Å². The van der Waals surface area contributed by atoms with Crippen LogP contribution in [0.15, 0.2) is 0 Å². The van der Waals surface area contributed by atoms with Crippen LogP contribution >= 0.6 is 10.8 Å². The summed E-state index contributed by atoms with van der Waals surface area (Å²) in [4.78, 5) is 0. The predicted molar refractivity (Wildman–Crippen MR) is 46.3 cm³/mol. The van der Waals surface area contributed by atoms with Gasteiger partial charge in [0.2, 0.25) is 0 Å². The lowest BCUT2D eigenvalue weighted by Gasteiger charge is -2.05. The summed E-state index contributed by atoms with van der Waals surface area (Å²) in [5.41, 5.74) is 0. The van der Waals surface area contributed by atoms with Crippen molar-refractivity contribution in [3.8, 4) is 0 Å². The summed E-state index contributed by atoms with van der Waals surface area (Å²) in [6.07, 6.45) is 3.46. The molecule has 1 fully saturated rings. The first kappa shape index (κ1) is 9.35. The van der Waals surface area contributed by atoms with Crippen molar-refractivity contribution in [2.24, 2.45) is 0 Å². The Labute approximate surface area is 70.8 Å². The molecule has 0 N–H and O–H groups in total. The van der Waals surface area contributed by atoms with Crippen LogP contribution in [0.1, 0.15) is 12.8 Å². The lowest BCUT2D eigenvalue weighted by Crippen LogP contribution is -2.09. The van der Waals surface area contributed by atoms with Crippen molar-refractivity contribution in [2.45, 2.75) is 18.9 Å². The van der Waals surface area contributed by atoms with E-state index in [9.17, 15) is 8.42 Å². The van der Waals surface area contributed by atoms with E-state index in [1.54, 1.807) is 0 Å². The van der Waals surface area contributed by atoms with Crippen LogP contribution in [0.3, 0.4) is 0 Å². The van der Waals surface area contributed by atoms with E-state index in [0.29, 0.717) is 5.75 Å². The molecule has 11 heavy (non-hydrogen) atoms. The molecule has 1 rings (SSSR count). The van der Waals surface area contributed by atoms with E-state index in [0.717, 1.165) is 30.2 Å². The largest absolute Gasteiger partial charge is 0.377 e. The van der Waals surface area contributed by atoms with Crippen LogP contribution in [0, 0.1) is 0 Å². The van der Waals surface area contributed by atoms with E-state index in [4.69, 9.17) is 4.74 Å². The van der Waals surface area contributed by atoms with Gasteiger partial charge in [0.1, 0.15) is 0 Å². The maximum absolute atomic E-state index is 10.7. The van der Waals surface area contributed by atoms with Gasteiger partial charge in [-0.05, 0) is 23.6 Å². The van der Waals surface area contributed by atoms with Gasteiger partial charge in [0.05, 0.1) is 6.10 Å². The molecule has 0 aliphatic carbocycles. The number of rotatable bonds is 3. The van der Waals surface area contributed by atoms with Crippen LogP contribution < -0.4 is 0 Å². The first-order valence-electron chi connectivity index (χ1n) is 3.54. The highest BCUT2D eigenvalue weighted by molar-refractivity contribution is 8.71. The third-order valence-electron chi connectivity index (χ3n) is 1.49. The van der Waals surface area contributed by atoms with Crippen molar-refractivity contribution >= 4 is 19.7 Å². The average Bonchev–Trinajstić information content (AvgIpc) is 2.32. The molecule has 1 aliphatic rings. The minimum atomic E-state index is -2.87. The van der Waals surface area contributed by atoms with Gasteiger partial charge in [-0.25, -0.2) is 8.42 Å². The minimum Gasteiger partial charge on any atom is -0.377 e. The molecule has 0 bridgehead atoms. The molecular formula is C6H12O3S2. The zero-order chi connectivity index (χ0) is 8.32. The summed E-state index contributed by atoms with van der Waals surface area (Å²) >= 11 is 0. The molecule has 1 aliphatic heterocycles. The van der Waals surface area contributed by atoms with E-state index >= 15 is 0 Å². The van der Waals surface area contributed by atoms with Crippen molar-refractivity contribution in [2.75, 3.05) is 18.6 Å². The highest BCUT2D eigenvalue weighted by Crippen LogP contribution is 2.19. The fourth-order valence-electron chi connectivity index (χ4n) is 0.975. The summed E-state index contributed by atoms with van der Waals surface area (Å²) in [7, 11) is -1.90. The van der Waals surface area contributed by atoms with Gasteiger partial charge in [-0.15, -0.1) is 0 Å². The third-order valence-corrected chi connectivity index (χ3v) is 4.12. The fraction of sp³-hybridized carbons (Fsp3) is 1.00. The zero-order valence-electron chi connectivity index (χ0n) is 6.45. The highest BCUT2D eigenvalue weighted by Gasteiger charge is 2.17. The van der Waals surface area contributed by atoms with Crippen LogP contribution in [0.4, 0.5) is 0 Å². The van der Waals surface area contributed by atoms with Gasteiger partial charge in [0.25, 0.3) is 0 Å². The summed E-state index contributed by atoms with van der Waals surface area (Å²) in [5, 5.41) is 0. The predicted octanol–water partition coefficient (Wildman–Crippen LogP) is 0.858. The van der Waals surface area contributed by atoms with Crippen molar-refractivity contribution in [1.29, 1.82) is 0 Å². The lowest BCUT2D eigenvalue weighted by molar-refractivity contribution is 0.129. The highest BCUT2D eigenvalue weighted by atomic mass is 33.1. The van der Waals surface area contributed by atoms with Crippen LogP contribution in [-0.2, 0) is 13.6 Å². The molecule has 0 aromatic carbocycles. The van der Waals surface area contributed by atoms with Crippen molar-refractivity contribution in [1.82, 2.24) is 0 Å². The first-order chi connectivity index (χ1) is 5.08. The normalized spacial score (nSPS) is 25.7. The summed E-state index contributed by atoms with van der Waals surface area (Å²) in [5.74, 6) is 0.582. The van der Waals surface area contributed by atoms with Crippen molar-refractivity contribution in [3.05, 3.63) is 0 Å². The van der Waals surface area contributed by atoms with Gasteiger partial charge >= 0.3 is 0 Å². The lowest BCUT2D eigenvalue weighted by atomic mass is 10.3. The molecule has 0 aromatic heterocycles. The van der Waals surface area contributed by atoms with Crippen molar-refractivity contribution < 1.29 is 13.2 Å². The fourth-order valence-corrected chi connectivity index (χ4v) is 2.83. The Bertz CT molecular complexity index is 204. The molecule has 1 atom stereocenters. The first-order valence-corrected chi connectivity index (χ1v) is 6.93. The third kappa shape index (κ3) is 3.98. The maximum atomic E-state index is 10.7. The average molecular weight is 196 g/mol. The van der Waals surface area contributed by atoms with E-state index in [-0.39, 0.29) is 6.10 Å². The van der Waals surface area contributed by atoms with Gasteiger partial charge in [-0.1, -0.05) is 0 Å². The minimum absolute atomic E-state index is 0.162. The maximum Gasteiger partial charge on any atom is 0.198 e. The van der Waals surface area contributed by atoms with Crippen LogP contribution in [-0.4, -0.2) is 33.1 Å². The second-order valence-electron chi connectivity index (χ2n) is 2.62. The van der Waals surface area contributed by atoms with Crippen LogP contribution in [0.2, 0.25) is 0 Å². The number of ether oxygens (including phenoxy) is 1. The summed E-state index contributed by atoms with van der Waals surface area (Å²) in [6, 6.07) is 0. The molecule has 0 saturated carbocycles. The summed E-state index contributed by atoms with van der Waals surface area (Å²) in [6.45, 7) is 0.787. The molecule has 1 unspecified atom stereocenters. The Kier molecular flexibility index (Phi) is 3.21. The van der Waals surface area contributed by atoms with E-state index < -0.39 is 8.87 Å². The molecule has 0 aromatic rings. The molecule has 0 amide bonds. The van der Waals surface area contributed by atoms with Gasteiger partial charge in [0.15, 0.2) is 8.87 Å². The smallest absolute Gasteiger partial charge is 0.198 e. The van der Waals surface area contributed by atoms with E-state index in [1.165, 1.54) is 6.26 Å². The zero-order valence-corrected chi connectivity index (χ0v) is 8.08. The van der Waals surface area contributed by atoms with Gasteiger partial charge in [-0.2, -0.15) is 0 Å². The Morgan fingerprint density at radius 3 is 2.82 bits per heavy atom. The van der Waals surface area contributed by atoms with Gasteiger partial charge in [0, 0.05) is 18.6 Å². The van der Waals surface area contributed by atoms with Gasteiger partial charge < -0.3 is 4.74 Å². The SMILES string of the molecule is CS(=O)(=O)SCC1CCCO1. The second kappa shape index (κ2) is 3.78. The summed E-state index contributed by atoms with van der Waals surface area (Å²) < 4.78 is 26.7. The quantitative estimate of drug-likeness (QED) is 0.628. The molecule has 5 heteroatoms. The monoisotopic (exact) mass is 196 g/mol. The second-order valence-corrected chi connectivity index (χ2v) is 7.12. The molecule has 66 valence electrons.